The third-order valence-corrected chi connectivity index (χ3v) is 15.6. The van der Waals surface area contributed by atoms with Crippen molar-refractivity contribution in [2.45, 2.75) is 310 Å². The second-order valence-electron chi connectivity index (χ2n) is 22.7. The molecule has 0 aliphatic rings. The van der Waals surface area contributed by atoms with Gasteiger partial charge in [-0.2, -0.15) is 0 Å². The van der Waals surface area contributed by atoms with Crippen LogP contribution in [0.15, 0.2) is 0 Å². The summed E-state index contributed by atoms with van der Waals surface area (Å²) in [7, 11) is -9.87. The van der Waals surface area contributed by atoms with Crippen LogP contribution >= 0.6 is 15.6 Å². The van der Waals surface area contributed by atoms with Crippen molar-refractivity contribution in [3.63, 3.8) is 0 Å². The number of phosphoric ester groups is 2. The summed E-state index contributed by atoms with van der Waals surface area (Å²) in [4.78, 5) is 71.7. The second kappa shape index (κ2) is 52.8. The maximum Gasteiger partial charge on any atom is 0.472 e. The molecule has 2 unspecified atom stereocenters. The van der Waals surface area contributed by atoms with E-state index in [-0.39, 0.29) is 25.7 Å². The van der Waals surface area contributed by atoms with Crippen molar-refractivity contribution in [3.8, 4) is 0 Å². The number of phosphoric acid groups is 2. The summed E-state index contributed by atoms with van der Waals surface area (Å²) >= 11 is 0. The number of rotatable bonds is 59. The van der Waals surface area contributed by atoms with Crippen molar-refractivity contribution in [3.05, 3.63) is 0 Å². The smallest absolute Gasteiger partial charge is 0.462 e. The van der Waals surface area contributed by atoms with Gasteiger partial charge in [0.05, 0.1) is 26.4 Å². The van der Waals surface area contributed by atoms with Crippen molar-refractivity contribution in [2.24, 2.45) is 11.8 Å². The summed E-state index contributed by atoms with van der Waals surface area (Å²) in [5, 5.41) is 10.5. The van der Waals surface area contributed by atoms with E-state index >= 15 is 0 Å². The Hall–Kier alpha value is -1.94. The molecule has 0 aliphatic heterocycles. The average Bonchev–Trinajstić information content (AvgIpc) is 3.40. The van der Waals surface area contributed by atoms with Crippen LogP contribution in [0, 0.1) is 11.8 Å². The highest BCUT2D eigenvalue weighted by atomic mass is 31.2. The van der Waals surface area contributed by atoms with E-state index in [0.717, 1.165) is 103 Å². The fourth-order valence-electron chi connectivity index (χ4n) is 8.82. The number of carbonyl (C=O) groups excluding carboxylic acids is 4. The highest BCUT2D eigenvalue weighted by Crippen LogP contribution is 2.45. The maximum atomic E-state index is 12.9. The zero-order chi connectivity index (χ0) is 58.7. The molecule has 5 atom stereocenters. The third-order valence-electron chi connectivity index (χ3n) is 13.7. The molecule has 79 heavy (non-hydrogen) atoms. The standard InChI is InChI=1S/C60H116O17P2/c1-7-9-11-13-14-15-16-17-18-19-20-21-22-23-32-38-44-59(64)76-56(49-71-58(63)43-37-31-26-24-29-34-40-52(3)4)51-75-79(68,69)73-47-54(61)46-72-78(66,67)74-50-55(48-70-57(62)42-36-28-12-10-8-2)77-60(65)45-39-33-27-25-30-35-41-53(5)6/h52-56,61H,7-51H2,1-6H3,(H,66,67)(H,68,69)/t54-,55+,56+/m0/s1. The van der Waals surface area contributed by atoms with E-state index in [2.05, 4.69) is 41.5 Å². The van der Waals surface area contributed by atoms with Crippen molar-refractivity contribution < 1.29 is 80.2 Å². The zero-order valence-corrected chi connectivity index (χ0v) is 52.4. The molecular formula is C60H116O17P2. The van der Waals surface area contributed by atoms with Gasteiger partial charge in [0.25, 0.3) is 0 Å². The van der Waals surface area contributed by atoms with Gasteiger partial charge in [0.15, 0.2) is 12.2 Å². The van der Waals surface area contributed by atoms with Gasteiger partial charge in [0, 0.05) is 25.7 Å². The molecule has 17 nitrogen and oxygen atoms in total. The third kappa shape index (κ3) is 55.0. The van der Waals surface area contributed by atoms with Crippen molar-refractivity contribution in [2.75, 3.05) is 39.6 Å². The van der Waals surface area contributed by atoms with Crippen LogP contribution in [0.3, 0.4) is 0 Å². The Balaban J connectivity index is 5.14. The molecule has 3 N–H and O–H groups in total. The molecule has 468 valence electrons. The molecular weight excluding hydrogens is 1050 g/mol. The van der Waals surface area contributed by atoms with Crippen LogP contribution in [0.1, 0.15) is 292 Å². The van der Waals surface area contributed by atoms with Gasteiger partial charge in [-0.1, -0.05) is 241 Å². The molecule has 0 aliphatic carbocycles. The minimum absolute atomic E-state index is 0.101. The van der Waals surface area contributed by atoms with E-state index < -0.39 is 97.5 Å². The lowest BCUT2D eigenvalue weighted by molar-refractivity contribution is -0.161. The zero-order valence-electron chi connectivity index (χ0n) is 50.7. The summed E-state index contributed by atoms with van der Waals surface area (Å²) in [6, 6.07) is 0. The van der Waals surface area contributed by atoms with Crippen LogP contribution in [-0.4, -0.2) is 96.7 Å². The predicted molar refractivity (Wildman–Crippen MR) is 312 cm³/mol. The van der Waals surface area contributed by atoms with E-state index in [1.807, 2.05) is 0 Å². The van der Waals surface area contributed by atoms with Crippen LogP contribution in [0.2, 0.25) is 0 Å². The molecule has 0 saturated heterocycles. The molecule has 0 heterocycles. The Kier molecular flexibility index (Phi) is 51.5. The Morgan fingerprint density at radius 2 is 0.582 bits per heavy atom. The van der Waals surface area contributed by atoms with Gasteiger partial charge in [-0.25, -0.2) is 9.13 Å². The molecule has 0 fully saturated rings. The van der Waals surface area contributed by atoms with E-state index in [1.165, 1.54) is 96.3 Å². The van der Waals surface area contributed by atoms with Crippen LogP contribution in [-0.2, 0) is 65.4 Å². The maximum absolute atomic E-state index is 12.9. The van der Waals surface area contributed by atoms with Crippen LogP contribution in [0.5, 0.6) is 0 Å². The van der Waals surface area contributed by atoms with Gasteiger partial charge in [0.2, 0.25) is 0 Å². The number of carbonyl (C=O) groups is 4. The van der Waals surface area contributed by atoms with Crippen molar-refractivity contribution in [1.82, 2.24) is 0 Å². The lowest BCUT2D eigenvalue weighted by Gasteiger charge is -2.21. The van der Waals surface area contributed by atoms with Gasteiger partial charge >= 0.3 is 39.5 Å². The first-order valence-corrected chi connectivity index (χ1v) is 34.5. The highest BCUT2D eigenvalue weighted by molar-refractivity contribution is 7.47. The van der Waals surface area contributed by atoms with Gasteiger partial charge in [0.1, 0.15) is 19.3 Å². The number of ether oxygens (including phenoxy) is 4. The molecule has 0 spiro atoms. The number of aliphatic hydroxyl groups is 1. The molecule has 19 heteroatoms. The van der Waals surface area contributed by atoms with Crippen LogP contribution < -0.4 is 0 Å². The lowest BCUT2D eigenvalue weighted by Crippen LogP contribution is -2.30. The summed E-state index contributed by atoms with van der Waals surface area (Å²) in [6.07, 6.45) is 34.2. The molecule has 0 aromatic carbocycles. The Morgan fingerprint density at radius 1 is 0.342 bits per heavy atom. The van der Waals surface area contributed by atoms with Gasteiger partial charge in [-0.3, -0.25) is 37.3 Å². The summed E-state index contributed by atoms with van der Waals surface area (Å²) < 4.78 is 67.6. The van der Waals surface area contributed by atoms with E-state index in [0.29, 0.717) is 37.5 Å². The van der Waals surface area contributed by atoms with E-state index in [9.17, 15) is 43.2 Å². The largest absolute Gasteiger partial charge is 0.472 e. The second-order valence-corrected chi connectivity index (χ2v) is 25.6. The molecule has 0 bridgehead atoms. The monoisotopic (exact) mass is 1170 g/mol. The first-order chi connectivity index (χ1) is 37.9. The fourth-order valence-corrected chi connectivity index (χ4v) is 10.4. The first kappa shape index (κ1) is 77.1. The Labute approximate surface area is 479 Å². The molecule has 0 aromatic heterocycles. The molecule has 0 saturated carbocycles. The Morgan fingerprint density at radius 3 is 0.861 bits per heavy atom. The van der Waals surface area contributed by atoms with Gasteiger partial charge in [-0.15, -0.1) is 0 Å². The normalized spacial score (nSPS) is 14.4. The summed E-state index contributed by atoms with van der Waals surface area (Å²) in [6.45, 7) is 9.20. The SMILES string of the molecule is CCCCCCCCCCCCCCCCCCC(=O)O[C@H](COC(=O)CCCCCCCCC(C)C)COP(=O)(O)OC[C@@H](O)COP(=O)(O)OC[C@@H](COC(=O)CCCCCCC)OC(=O)CCCCCCCCC(C)C. The van der Waals surface area contributed by atoms with E-state index in [1.54, 1.807) is 0 Å². The van der Waals surface area contributed by atoms with Gasteiger partial charge in [-0.05, 0) is 37.5 Å². The van der Waals surface area contributed by atoms with Crippen molar-refractivity contribution >= 4 is 39.5 Å². The Bertz CT molecular complexity index is 1560. The lowest BCUT2D eigenvalue weighted by atomic mass is 10.0. The fraction of sp³-hybridized carbons (Fsp3) is 0.933. The topological polar surface area (TPSA) is 237 Å². The van der Waals surface area contributed by atoms with Crippen LogP contribution in [0.25, 0.3) is 0 Å². The minimum atomic E-state index is -4.94. The number of unbranched alkanes of at least 4 members (excludes halogenated alkanes) is 29. The molecule has 0 aromatic rings. The van der Waals surface area contributed by atoms with Gasteiger partial charge < -0.3 is 33.8 Å². The number of esters is 4. The predicted octanol–water partition coefficient (Wildman–Crippen LogP) is 16.1. The molecule has 0 radical (unpaired) electrons. The summed E-state index contributed by atoms with van der Waals surface area (Å²) in [5.74, 6) is -0.807. The number of aliphatic hydroxyl groups excluding tert-OH is 1. The molecule has 0 amide bonds. The average molecular weight is 1170 g/mol. The quantitative estimate of drug-likeness (QED) is 0.0222. The highest BCUT2D eigenvalue weighted by Gasteiger charge is 2.30. The minimum Gasteiger partial charge on any atom is -0.462 e. The number of hydrogen-bond acceptors (Lipinski definition) is 15. The number of hydrogen-bond donors (Lipinski definition) is 3. The first-order valence-electron chi connectivity index (χ1n) is 31.5. The van der Waals surface area contributed by atoms with Crippen molar-refractivity contribution in [1.29, 1.82) is 0 Å². The van der Waals surface area contributed by atoms with Crippen LogP contribution in [0.4, 0.5) is 0 Å². The summed E-state index contributed by atoms with van der Waals surface area (Å²) in [5.41, 5.74) is 0. The molecule has 0 rings (SSSR count). The van der Waals surface area contributed by atoms with E-state index in [4.69, 9.17) is 37.0 Å².